The normalized spacial score (nSPS) is 10.2. The number of nitrogens with one attached hydrogen (secondary N) is 1. The lowest BCUT2D eigenvalue weighted by molar-refractivity contribution is -0.385. The van der Waals surface area contributed by atoms with Crippen molar-refractivity contribution in [2.24, 2.45) is 5.73 Å². The van der Waals surface area contributed by atoms with Gasteiger partial charge in [0.1, 0.15) is 11.6 Å². The van der Waals surface area contributed by atoms with E-state index in [1.54, 1.807) is 0 Å². The molecule has 0 aliphatic rings. The first kappa shape index (κ1) is 14.9. The second-order valence-corrected chi connectivity index (χ2v) is 4.98. The van der Waals surface area contributed by atoms with Gasteiger partial charge in [0.2, 0.25) is 0 Å². The van der Waals surface area contributed by atoms with E-state index in [0.29, 0.717) is 4.47 Å². The van der Waals surface area contributed by atoms with E-state index in [4.69, 9.17) is 15.9 Å². The molecule has 0 aliphatic carbocycles. The smallest absolute Gasteiger partial charge is 0.274 e. The van der Waals surface area contributed by atoms with Crippen molar-refractivity contribution in [3.63, 3.8) is 0 Å². The van der Waals surface area contributed by atoms with E-state index < -0.39 is 10.7 Å². The van der Waals surface area contributed by atoms with E-state index >= 15 is 0 Å². The largest absolute Gasteiger partial charge is 0.454 e. The van der Waals surface area contributed by atoms with Gasteiger partial charge in [0.05, 0.1) is 11.0 Å². The van der Waals surface area contributed by atoms with Crippen molar-refractivity contribution in [1.29, 1.82) is 5.41 Å². The number of nitrogens with zero attached hydrogens (tertiary/aromatic N) is 1. The molecule has 2 aromatic rings. The number of rotatable bonds is 4. The quantitative estimate of drug-likeness (QED) is 0.379. The van der Waals surface area contributed by atoms with Crippen molar-refractivity contribution in [1.82, 2.24) is 0 Å². The Kier molecular flexibility index (Phi) is 4.18. The Morgan fingerprint density at radius 1 is 1.33 bits per heavy atom. The summed E-state index contributed by atoms with van der Waals surface area (Å²) >= 11 is 3.12. The number of halogens is 2. The van der Waals surface area contributed by atoms with E-state index in [9.17, 15) is 14.5 Å². The molecule has 0 atom stereocenters. The summed E-state index contributed by atoms with van der Waals surface area (Å²) in [4.78, 5) is 10.2. The zero-order valence-electron chi connectivity index (χ0n) is 10.5. The van der Waals surface area contributed by atoms with E-state index in [2.05, 4.69) is 15.9 Å². The van der Waals surface area contributed by atoms with E-state index in [0.717, 1.165) is 6.07 Å². The molecule has 108 valence electrons. The van der Waals surface area contributed by atoms with E-state index in [-0.39, 0.29) is 28.6 Å². The molecule has 0 heterocycles. The third-order valence-electron chi connectivity index (χ3n) is 2.54. The van der Waals surface area contributed by atoms with Gasteiger partial charge < -0.3 is 10.5 Å². The van der Waals surface area contributed by atoms with Gasteiger partial charge in [0.25, 0.3) is 5.69 Å². The first-order chi connectivity index (χ1) is 9.86. The van der Waals surface area contributed by atoms with Crippen LogP contribution in [0.2, 0.25) is 0 Å². The minimum Gasteiger partial charge on any atom is -0.454 e. The predicted molar refractivity (Wildman–Crippen MR) is 78.3 cm³/mol. The number of hydrogen-bond donors (Lipinski definition) is 2. The first-order valence-electron chi connectivity index (χ1n) is 5.63. The third kappa shape index (κ3) is 3.54. The summed E-state index contributed by atoms with van der Waals surface area (Å²) < 4.78 is 19.6. The van der Waals surface area contributed by atoms with Crippen LogP contribution in [0.15, 0.2) is 40.9 Å². The average molecular weight is 354 g/mol. The molecule has 0 amide bonds. The van der Waals surface area contributed by atoms with Crippen molar-refractivity contribution in [2.75, 3.05) is 0 Å². The van der Waals surface area contributed by atoms with Gasteiger partial charge in [-0.15, -0.1) is 0 Å². The van der Waals surface area contributed by atoms with Crippen molar-refractivity contribution < 1.29 is 14.1 Å². The fraction of sp³-hybridized carbons (Fsp3) is 0. The van der Waals surface area contributed by atoms with E-state index in [1.807, 2.05) is 0 Å². The number of nitro benzene ring substituents is 1. The molecular formula is C13H9BrFN3O3. The summed E-state index contributed by atoms with van der Waals surface area (Å²) in [6, 6.07) is 7.76. The van der Waals surface area contributed by atoms with Gasteiger partial charge in [0.15, 0.2) is 11.6 Å². The lowest BCUT2D eigenvalue weighted by atomic mass is 10.2. The average Bonchev–Trinajstić information content (AvgIpc) is 2.40. The second-order valence-electron chi connectivity index (χ2n) is 4.06. The molecule has 0 saturated heterocycles. The molecule has 0 radical (unpaired) electrons. The van der Waals surface area contributed by atoms with Crippen molar-refractivity contribution in [3.8, 4) is 11.5 Å². The summed E-state index contributed by atoms with van der Waals surface area (Å²) in [5.74, 6) is -0.984. The van der Waals surface area contributed by atoms with Crippen LogP contribution in [0.25, 0.3) is 0 Å². The zero-order chi connectivity index (χ0) is 15.6. The molecule has 8 heteroatoms. The van der Waals surface area contributed by atoms with Crippen molar-refractivity contribution in [3.05, 3.63) is 62.4 Å². The molecule has 6 nitrogen and oxygen atoms in total. The number of nitrogen functional groups attached to an aromatic ring is 1. The highest BCUT2D eigenvalue weighted by Gasteiger charge is 2.12. The SMILES string of the molecule is N=C(N)c1ccc(Oc2cc(Br)cc([N+](=O)[O-])c2)c(F)c1. The maximum atomic E-state index is 13.8. The summed E-state index contributed by atoms with van der Waals surface area (Å²) in [6.07, 6.45) is 0. The molecule has 0 unspecified atom stereocenters. The van der Waals surface area contributed by atoms with Gasteiger partial charge >= 0.3 is 0 Å². The molecule has 2 rings (SSSR count). The lowest BCUT2D eigenvalue weighted by Gasteiger charge is -2.08. The van der Waals surface area contributed by atoms with Gasteiger partial charge in [-0.05, 0) is 24.3 Å². The highest BCUT2D eigenvalue weighted by atomic mass is 79.9. The second kappa shape index (κ2) is 5.88. The van der Waals surface area contributed by atoms with Crippen LogP contribution >= 0.6 is 15.9 Å². The summed E-state index contributed by atoms with van der Waals surface area (Å²) in [5.41, 5.74) is 5.29. The van der Waals surface area contributed by atoms with Gasteiger partial charge in [-0.1, -0.05) is 15.9 Å². The van der Waals surface area contributed by atoms with Gasteiger partial charge in [-0.3, -0.25) is 15.5 Å². The molecule has 0 aliphatic heterocycles. The Morgan fingerprint density at radius 2 is 2.05 bits per heavy atom. The predicted octanol–water partition coefficient (Wildman–Crippen LogP) is 3.57. The number of non-ortho nitro benzene ring substituents is 1. The van der Waals surface area contributed by atoms with Crippen LogP contribution in [0.1, 0.15) is 5.56 Å². The van der Waals surface area contributed by atoms with Gasteiger partial charge in [0, 0.05) is 16.1 Å². The molecule has 0 bridgehead atoms. The van der Waals surface area contributed by atoms with Gasteiger partial charge in [-0.25, -0.2) is 4.39 Å². The topological polar surface area (TPSA) is 102 Å². The Bertz CT molecular complexity index is 737. The van der Waals surface area contributed by atoms with Crippen molar-refractivity contribution >= 4 is 27.5 Å². The van der Waals surface area contributed by atoms with Crippen LogP contribution < -0.4 is 10.5 Å². The number of amidine groups is 1. The Labute approximate surface area is 127 Å². The number of ether oxygens (including phenoxy) is 1. The summed E-state index contributed by atoms with van der Waals surface area (Å²) in [7, 11) is 0. The minimum absolute atomic E-state index is 0.116. The molecule has 3 N–H and O–H groups in total. The monoisotopic (exact) mass is 353 g/mol. The fourth-order valence-electron chi connectivity index (χ4n) is 1.59. The minimum atomic E-state index is -0.717. The summed E-state index contributed by atoms with van der Waals surface area (Å²) in [6.45, 7) is 0. The number of hydrogen-bond acceptors (Lipinski definition) is 4. The molecule has 0 saturated carbocycles. The Hall–Kier alpha value is -2.48. The molecule has 2 aromatic carbocycles. The van der Waals surface area contributed by atoms with Crippen LogP contribution in [0.5, 0.6) is 11.5 Å². The maximum absolute atomic E-state index is 13.8. The van der Waals surface area contributed by atoms with Crippen LogP contribution in [-0.4, -0.2) is 10.8 Å². The molecular weight excluding hydrogens is 345 g/mol. The molecule has 0 aromatic heterocycles. The Balaban J connectivity index is 2.34. The van der Waals surface area contributed by atoms with Crippen molar-refractivity contribution in [2.45, 2.75) is 0 Å². The maximum Gasteiger partial charge on any atom is 0.274 e. The number of benzene rings is 2. The third-order valence-corrected chi connectivity index (χ3v) is 3.00. The van der Waals surface area contributed by atoms with Crippen LogP contribution in [0.3, 0.4) is 0 Å². The van der Waals surface area contributed by atoms with Crippen LogP contribution in [-0.2, 0) is 0 Å². The molecule has 21 heavy (non-hydrogen) atoms. The molecule has 0 spiro atoms. The molecule has 0 fully saturated rings. The Morgan fingerprint density at radius 3 is 2.62 bits per heavy atom. The van der Waals surface area contributed by atoms with Crippen LogP contribution in [0, 0.1) is 21.3 Å². The van der Waals surface area contributed by atoms with Crippen LogP contribution in [0.4, 0.5) is 10.1 Å². The van der Waals surface area contributed by atoms with Gasteiger partial charge in [-0.2, -0.15) is 0 Å². The number of nitrogens with two attached hydrogens (primary N) is 1. The summed E-state index contributed by atoms with van der Waals surface area (Å²) in [5, 5.41) is 18.0. The lowest BCUT2D eigenvalue weighted by Crippen LogP contribution is -2.11. The standard InChI is InChI=1S/C13H9BrFN3O3/c14-8-4-9(18(19)20)6-10(5-8)21-12-2-1-7(13(16)17)3-11(12)15/h1-6H,(H3,16,17). The van der Waals surface area contributed by atoms with E-state index in [1.165, 1.54) is 30.3 Å². The zero-order valence-corrected chi connectivity index (χ0v) is 12.1. The number of nitro groups is 1. The fourth-order valence-corrected chi connectivity index (χ4v) is 2.05. The highest BCUT2D eigenvalue weighted by molar-refractivity contribution is 9.10. The highest BCUT2D eigenvalue weighted by Crippen LogP contribution is 2.31. The first-order valence-corrected chi connectivity index (χ1v) is 6.43.